The van der Waals surface area contributed by atoms with Gasteiger partial charge in [0.05, 0.1) is 13.5 Å². The molecule has 2 unspecified atom stereocenters. The van der Waals surface area contributed by atoms with E-state index in [4.69, 9.17) is 0 Å². The molecule has 6 heteroatoms. The third-order valence-electron chi connectivity index (χ3n) is 3.62. The highest BCUT2D eigenvalue weighted by Crippen LogP contribution is 2.17. The largest absolute Gasteiger partial charge is 0.469 e. The number of hydrogen-bond donors (Lipinski definition) is 1. The zero-order valence-corrected chi connectivity index (χ0v) is 13.2. The summed E-state index contributed by atoms with van der Waals surface area (Å²) in [6.45, 7) is 1.70. The fraction of sp³-hybridized carbons (Fsp3) is 0.857. The summed E-state index contributed by atoms with van der Waals surface area (Å²) in [4.78, 5) is 23.0. The Balaban J connectivity index is 2.33. The quantitative estimate of drug-likeness (QED) is 0.596. The Bertz CT molecular complexity index is 351. The van der Waals surface area contributed by atoms with Crippen LogP contribution in [0.2, 0.25) is 0 Å². The van der Waals surface area contributed by atoms with E-state index in [1.807, 2.05) is 0 Å². The highest BCUT2D eigenvalue weighted by atomic mass is 32.2. The van der Waals surface area contributed by atoms with Crippen LogP contribution in [0, 0.1) is 0 Å². The summed E-state index contributed by atoms with van der Waals surface area (Å²) in [5.74, 6) is -0.601. The van der Waals surface area contributed by atoms with Gasteiger partial charge in [-0.3, -0.25) is 13.8 Å². The van der Waals surface area contributed by atoms with Gasteiger partial charge in [0.15, 0.2) is 0 Å². The Morgan fingerprint density at radius 2 is 1.85 bits per heavy atom. The molecule has 0 heterocycles. The van der Waals surface area contributed by atoms with Crippen molar-refractivity contribution in [3.05, 3.63) is 0 Å². The molecule has 1 N–H and O–H groups in total. The van der Waals surface area contributed by atoms with Crippen LogP contribution in [-0.2, 0) is 25.1 Å². The van der Waals surface area contributed by atoms with Crippen molar-refractivity contribution in [1.82, 2.24) is 5.32 Å². The normalized spacial score (nSPS) is 19.7. The number of esters is 1. The summed E-state index contributed by atoms with van der Waals surface area (Å²) in [6.07, 6.45) is 6.86. The van der Waals surface area contributed by atoms with Crippen molar-refractivity contribution in [3.63, 3.8) is 0 Å². The van der Waals surface area contributed by atoms with Crippen LogP contribution in [-0.4, -0.2) is 40.2 Å². The van der Waals surface area contributed by atoms with E-state index in [-0.39, 0.29) is 29.4 Å². The van der Waals surface area contributed by atoms with Gasteiger partial charge in [-0.25, -0.2) is 0 Å². The van der Waals surface area contributed by atoms with Crippen LogP contribution in [0.25, 0.3) is 0 Å². The standard InChI is InChI=1S/C14H25NO4S/c1-11(9-14(17)19-2)20(18)10-13(16)15-12-7-5-3-4-6-8-12/h11-12H,3-10H2,1-2H3,(H,15,16). The first-order valence-electron chi connectivity index (χ1n) is 7.26. The maximum Gasteiger partial charge on any atom is 0.306 e. The number of rotatable bonds is 6. The van der Waals surface area contributed by atoms with Crippen LogP contribution in [0.15, 0.2) is 0 Å². The zero-order chi connectivity index (χ0) is 15.0. The highest BCUT2D eigenvalue weighted by Gasteiger charge is 2.20. The first kappa shape index (κ1) is 17.1. The summed E-state index contributed by atoms with van der Waals surface area (Å²) in [6, 6.07) is 0.220. The lowest BCUT2D eigenvalue weighted by Crippen LogP contribution is -2.38. The van der Waals surface area contributed by atoms with Gasteiger partial charge in [-0.05, 0) is 12.8 Å². The molecule has 0 aromatic heterocycles. The second-order valence-corrected chi connectivity index (χ2v) is 7.23. The molecule has 1 saturated carbocycles. The first-order valence-corrected chi connectivity index (χ1v) is 8.64. The van der Waals surface area contributed by atoms with Crippen molar-refractivity contribution in [2.75, 3.05) is 12.9 Å². The molecule has 1 aliphatic rings. The molecule has 1 rings (SSSR count). The molecule has 20 heavy (non-hydrogen) atoms. The van der Waals surface area contributed by atoms with Crippen molar-refractivity contribution in [3.8, 4) is 0 Å². The van der Waals surface area contributed by atoms with E-state index in [0.717, 1.165) is 25.7 Å². The SMILES string of the molecule is COC(=O)CC(C)S(=O)CC(=O)NC1CCCCCC1. The van der Waals surface area contributed by atoms with E-state index >= 15 is 0 Å². The molecule has 2 atom stereocenters. The van der Waals surface area contributed by atoms with Crippen molar-refractivity contribution in [2.24, 2.45) is 0 Å². The number of amides is 1. The molecular weight excluding hydrogens is 278 g/mol. The average molecular weight is 303 g/mol. The Hall–Kier alpha value is -0.910. The van der Waals surface area contributed by atoms with Crippen LogP contribution in [0.4, 0.5) is 0 Å². The number of nitrogens with one attached hydrogen (secondary N) is 1. The molecule has 5 nitrogen and oxygen atoms in total. The summed E-state index contributed by atoms with van der Waals surface area (Å²) < 4.78 is 16.5. The van der Waals surface area contributed by atoms with Crippen molar-refractivity contribution >= 4 is 22.7 Å². The number of carbonyl (C=O) groups excluding carboxylic acids is 2. The molecule has 116 valence electrons. The summed E-state index contributed by atoms with van der Waals surface area (Å²) >= 11 is 0. The maximum absolute atomic E-state index is 12.0. The lowest BCUT2D eigenvalue weighted by molar-refractivity contribution is -0.140. The molecule has 0 bridgehead atoms. The molecular formula is C14H25NO4S. The van der Waals surface area contributed by atoms with E-state index < -0.39 is 16.8 Å². The third kappa shape index (κ3) is 6.50. The second-order valence-electron chi connectivity index (χ2n) is 5.37. The third-order valence-corrected chi connectivity index (χ3v) is 5.24. The van der Waals surface area contributed by atoms with E-state index in [1.165, 1.54) is 20.0 Å². The number of methoxy groups -OCH3 is 1. The minimum atomic E-state index is -1.34. The molecule has 0 saturated heterocycles. The fourth-order valence-electron chi connectivity index (χ4n) is 2.38. The second kappa shape index (κ2) is 9.10. The predicted molar refractivity (Wildman–Crippen MR) is 78.7 cm³/mol. The smallest absolute Gasteiger partial charge is 0.306 e. The van der Waals surface area contributed by atoms with Gasteiger partial charge in [-0.15, -0.1) is 0 Å². The van der Waals surface area contributed by atoms with Gasteiger partial charge in [-0.1, -0.05) is 32.6 Å². The Morgan fingerprint density at radius 1 is 1.25 bits per heavy atom. The molecule has 1 aliphatic carbocycles. The minimum absolute atomic E-state index is 0.0331. The average Bonchev–Trinajstić information content (AvgIpc) is 2.66. The summed E-state index contributed by atoms with van der Waals surface area (Å²) in [7, 11) is -0.0363. The molecule has 0 aliphatic heterocycles. The number of ether oxygens (including phenoxy) is 1. The highest BCUT2D eigenvalue weighted by molar-refractivity contribution is 7.86. The van der Waals surface area contributed by atoms with Gasteiger partial charge in [-0.2, -0.15) is 0 Å². The van der Waals surface area contributed by atoms with E-state index in [0.29, 0.717) is 0 Å². The van der Waals surface area contributed by atoms with Crippen LogP contribution in [0.3, 0.4) is 0 Å². The Morgan fingerprint density at radius 3 is 2.40 bits per heavy atom. The minimum Gasteiger partial charge on any atom is -0.469 e. The summed E-state index contributed by atoms with van der Waals surface area (Å²) in [5, 5.41) is 2.60. The van der Waals surface area contributed by atoms with Crippen molar-refractivity contribution in [1.29, 1.82) is 0 Å². The molecule has 0 spiro atoms. The first-order chi connectivity index (χ1) is 9.52. The van der Waals surface area contributed by atoms with Gasteiger partial charge in [0.2, 0.25) is 5.91 Å². The Labute approximate surface area is 123 Å². The monoisotopic (exact) mass is 303 g/mol. The van der Waals surface area contributed by atoms with Crippen LogP contribution in [0.5, 0.6) is 0 Å². The topological polar surface area (TPSA) is 72.5 Å². The molecule has 1 amide bonds. The number of hydrogen-bond acceptors (Lipinski definition) is 4. The van der Waals surface area contributed by atoms with E-state index in [2.05, 4.69) is 10.1 Å². The van der Waals surface area contributed by atoms with Crippen LogP contribution < -0.4 is 5.32 Å². The lowest BCUT2D eigenvalue weighted by Gasteiger charge is -2.17. The molecule has 0 radical (unpaired) electrons. The maximum atomic E-state index is 12.0. The molecule has 0 aromatic carbocycles. The van der Waals surface area contributed by atoms with Gasteiger partial charge in [0.1, 0.15) is 5.75 Å². The van der Waals surface area contributed by atoms with Crippen LogP contribution in [0.1, 0.15) is 51.9 Å². The number of carbonyl (C=O) groups is 2. The van der Waals surface area contributed by atoms with Crippen molar-refractivity contribution in [2.45, 2.75) is 63.2 Å². The van der Waals surface area contributed by atoms with Gasteiger partial charge >= 0.3 is 5.97 Å². The molecule has 1 fully saturated rings. The fourth-order valence-corrected chi connectivity index (χ4v) is 3.32. The van der Waals surface area contributed by atoms with Gasteiger partial charge in [0.25, 0.3) is 0 Å². The Kier molecular flexibility index (Phi) is 7.80. The lowest BCUT2D eigenvalue weighted by atomic mass is 10.1. The predicted octanol–water partition coefficient (Wildman–Crippen LogP) is 1.53. The van der Waals surface area contributed by atoms with Crippen molar-refractivity contribution < 1.29 is 18.5 Å². The van der Waals surface area contributed by atoms with Gasteiger partial charge < -0.3 is 10.1 Å². The van der Waals surface area contributed by atoms with Gasteiger partial charge in [0, 0.05) is 22.1 Å². The van der Waals surface area contributed by atoms with Crippen LogP contribution >= 0.6 is 0 Å². The van der Waals surface area contributed by atoms with E-state index in [1.54, 1.807) is 6.92 Å². The summed E-state index contributed by atoms with van der Waals surface area (Å²) in [5.41, 5.74) is 0. The zero-order valence-electron chi connectivity index (χ0n) is 12.4. The van der Waals surface area contributed by atoms with E-state index in [9.17, 15) is 13.8 Å². The molecule has 0 aromatic rings.